The molecule has 4 aliphatic heterocycles. The Balaban J connectivity index is 0.000000180. The molecule has 103 heavy (non-hydrogen) atoms. The van der Waals surface area contributed by atoms with Gasteiger partial charge in [-0.15, -0.1) is 0 Å². The van der Waals surface area contributed by atoms with E-state index in [2.05, 4.69) is 66.4 Å². The first-order valence-corrected chi connectivity index (χ1v) is 33.3. The van der Waals surface area contributed by atoms with Crippen LogP contribution < -0.4 is 56.8 Å². The van der Waals surface area contributed by atoms with E-state index in [1.807, 2.05) is 83.1 Å². The number of nitrogens with zero attached hydrogens (tertiary/aromatic N) is 3. The monoisotopic (exact) mass is 1410 g/mol. The minimum atomic E-state index is -1.57. The number of benzene rings is 4. The van der Waals surface area contributed by atoms with Crippen molar-refractivity contribution < 1.29 is 79.8 Å². The number of alkyl halides is 3. The Morgan fingerprint density at radius 3 is 1.56 bits per heavy atom. The smallest absolute Gasteiger partial charge is 0.255 e. The van der Waals surface area contributed by atoms with Gasteiger partial charge in [0.2, 0.25) is 11.8 Å². The zero-order valence-corrected chi connectivity index (χ0v) is 58.2. The summed E-state index contributed by atoms with van der Waals surface area (Å²) in [6.07, 6.45) is 4.72. The summed E-state index contributed by atoms with van der Waals surface area (Å²) < 4.78 is 87.1. The molecule has 1 aliphatic carbocycles. The quantitative estimate of drug-likeness (QED) is 0.0398. The Morgan fingerprint density at radius 2 is 1.07 bits per heavy atom. The SMILES string of the molecule is CC[C@@H]1[C@H](F)C(=O)N[C@@H]1COC1=NC=C(C#Cc2ccccc2)C2C=C(C(N)=O)C(OC)=CC12.CC[C@@H]1[C@H](F)C(=O)N[C@@H]1COc1ncc(C#CCOC)c2cc(C(N)=O)c(OC(C)C)cc12.CC[C@@H]1[C@H](F)C(=O)N[C@@H]1COc1ncc(C#Cc2cccc(OC)c2)c2cc(C(N)=O)c(OC)cc12. The molecule has 6 heterocycles. The van der Waals surface area contributed by atoms with Crippen LogP contribution in [0.1, 0.15) is 96.9 Å². The van der Waals surface area contributed by atoms with Crippen molar-refractivity contribution in [2.45, 2.75) is 96.6 Å². The molecule has 0 spiro atoms. The number of fused-ring (bicyclic) bond motifs is 3. The van der Waals surface area contributed by atoms with Gasteiger partial charge in [0.15, 0.2) is 24.4 Å². The molecular weight excluding hydrogens is 1330 g/mol. The second-order valence-electron chi connectivity index (χ2n) is 24.7. The Bertz CT molecular complexity index is 4550. The number of hydrogen-bond donors (Lipinski definition) is 6. The number of allylic oxidation sites excluding steroid dienone is 2. The van der Waals surface area contributed by atoms with E-state index >= 15 is 0 Å². The number of nitrogens with one attached hydrogen (secondary N) is 3. The van der Waals surface area contributed by atoms with Gasteiger partial charge >= 0.3 is 0 Å². The highest BCUT2D eigenvalue weighted by atomic mass is 19.1. The zero-order chi connectivity index (χ0) is 74.2. The number of rotatable bonds is 20. The first-order chi connectivity index (χ1) is 49.5. The number of ether oxygens (including phenoxy) is 8. The van der Waals surface area contributed by atoms with Crippen LogP contribution in [0.2, 0.25) is 0 Å². The lowest BCUT2D eigenvalue weighted by molar-refractivity contribution is -0.124. The number of pyridine rings is 2. The van der Waals surface area contributed by atoms with E-state index in [1.165, 1.54) is 33.7 Å². The minimum absolute atomic E-state index is 0.0293. The van der Waals surface area contributed by atoms with E-state index in [-0.39, 0.29) is 72.7 Å². The fraction of sp³-hybridized carbons (Fsp3) is 0.364. The van der Waals surface area contributed by atoms with Crippen LogP contribution in [0, 0.1) is 65.1 Å². The fourth-order valence-electron chi connectivity index (χ4n) is 12.5. The zero-order valence-electron chi connectivity index (χ0n) is 58.2. The van der Waals surface area contributed by atoms with Crippen molar-refractivity contribution in [3.8, 4) is 64.5 Å². The standard InChI is InChI=1S/C27H26FN3O5.C26H26FN3O4.C24H28FN3O5/c1-4-18-22(31-26(33)24(18)28)14-36-27-20-12-23(35-3)21(25(29)32)11-19(20)16(13-30-27)9-8-15-6-5-7-17(10-15)34-2;1-3-17-21(30-25(32)23(17)27)14-34-26-19-12-22(33-2)20(24(28)31)11-18(19)16(13-29-26)10-9-15-7-5-4-6-8-15;1-5-15-19(28-23(30)21(15)25)12-32-24-17-10-20(33-13(2)3)18(22(26)29)9-16(17)14(11-27-24)7-6-8-31-4/h5-7,10-13,18,22,24H,4,14H2,1-3H3,(H2,29,32)(H,31,33);4-8,11-13,17-19,21,23H,3,14H2,1-2H3,(H2,28,31)(H,30,32);9-11,13,15,19,21H,5,8,12H2,1-4H3,(H2,26,29)(H,28,30)/t18-,22+,24-;17-,18?,19?,21+,23-;15-,19+,21-/m000/s1. The van der Waals surface area contributed by atoms with Crippen LogP contribution in [0.5, 0.6) is 29.0 Å². The van der Waals surface area contributed by atoms with Crippen molar-refractivity contribution >= 4 is 62.9 Å². The summed E-state index contributed by atoms with van der Waals surface area (Å²) >= 11 is 0. The molecule has 538 valence electrons. The van der Waals surface area contributed by atoms with Gasteiger partial charge < -0.3 is 71.0 Å². The predicted molar refractivity (Wildman–Crippen MR) is 378 cm³/mol. The lowest BCUT2D eigenvalue weighted by Crippen LogP contribution is -2.38. The van der Waals surface area contributed by atoms with Crippen LogP contribution in [-0.4, -0.2) is 149 Å². The van der Waals surface area contributed by atoms with Crippen LogP contribution in [0.25, 0.3) is 21.5 Å². The molecule has 11 atom stereocenters. The minimum Gasteiger partial charge on any atom is -0.497 e. The number of methoxy groups -OCH3 is 4. The number of carbonyl (C=O) groups is 6. The molecule has 9 N–H and O–H groups in total. The third-order valence-electron chi connectivity index (χ3n) is 17.8. The second kappa shape index (κ2) is 34.7. The molecule has 0 bridgehead atoms. The van der Waals surface area contributed by atoms with Gasteiger partial charge in [0.1, 0.15) is 49.4 Å². The third kappa shape index (κ3) is 17.8. The van der Waals surface area contributed by atoms with Crippen LogP contribution in [0.15, 0.2) is 132 Å². The molecule has 5 aliphatic rings. The molecule has 6 amide bonds. The lowest BCUT2D eigenvalue weighted by atomic mass is 9.78. The molecule has 6 aromatic rings. The summed E-state index contributed by atoms with van der Waals surface area (Å²) in [7, 11) is 6.00. The highest BCUT2D eigenvalue weighted by molar-refractivity contribution is 6.05. The van der Waals surface area contributed by atoms with Crippen molar-refractivity contribution in [3.63, 3.8) is 0 Å². The van der Waals surface area contributed by atoms with E-state index in [1.54, 1.807) is 55.8 Å². The van der Waals surface area contributed by atoms with Gasteiger partial charge in [-0.1, -0.05) is 86.6 Å². The maximum Gasteiger partial charge on any atom is 0.255 e. The van der Waals surface area contributed by atoms with Gasteiger partial charge in [0.05, 0.1) is 79.3 Å². The Hall–Kier alpha value is -11.6. The van der Waals surface area contributed by atoms with Crippen molar-refractivity contribution in [1.29, 1.82) is 0 Å². The van der Waals surface area contributed by atoms with E-state index < -0.39 is 95.8 Å². The molecule has 3 fully saturated rings. The Morgan fingerprint density at radius 1 is 0.553 bits per heavy atom. The number of halogens is 3. The molecular formula is C77H80F3N9O14. The number of carbonyl (C=O) groups excluding carboxylic acids is 6. The molecule has 2 aromatic heterocycles. The first kappa shape index (κ1) is 75.6. The van der Waals surface area contributed by atoms with E-state index in [9.17, 15) is 41.9 Å². The number of hydrogen-bond acceptors (Lipinski definition) is 17. The van der Waals surface area contributed by atoms with Crippen LogP contribution in [0.3, 0.4) is 0 Å². The normalized spacial score (nSPS) is 22.0. The number of aromatic nitrogens is 2. The van der Waals surface area contributed by atoms with E-state index in [0.29, 0.717) is 80.7 Å². The number of aliphatic imine (C=N–C) groups is 1. The molecule has 26 heteroatoms. The maximum absolute atomic E-state index is 14.2. The second-order valence-corrected chi connectivity index (χ2v) is 24.7. The summed E-state index contributed by atoms with van der Waals surface area (Å²) in [5, 5.41) is 10.2. The van der Waals surface area contributed by atoms with Crippen LogP contribution in [0.4, 0.5) is 13.2 Å². The highest BCUT2D eigenvalue weighted by Crippen LogP contribution is 2.39. The lowest BCUT2D eigenvalue weighted by Gasteiger charge is -2.31. The first-order valence-electron chi connectivity index (χ1n) is 33.3. The van der Waals surface area contributed by atoms with Crippen LogP contribution >= 0.6 is 0 Å². The summed E-state index contributed by atoms with van der Waals surface area (Å²) in [4.78, 5) is 84.8. The van der Waals surface area contributed by atoms with Gasteiger partial charge in [0.25, 0.3) is 35.4 Å². The molecule has 2 unspecified atom stereocenters. The number of amides is 6. The summed E-state index contributed by atoms with van der Waals surface area (Å²) in [5.41, 5.74) is 20.7. The summed E-state index contributed by atoms with van der Waals surface area (Å²) in [5.74, 6) is 14.7. The molecule has 4 aromatic carbocycles. The largest absolute Gasteiger partial charge is 0.497 e. The number of nitrogens with two attached hydrogens (primary N) is 3. The molecule has 3 saturated heterocycles. The summed E-state index contributed by atoms with van der Waals surface area (Å²) in [6, 6.07) is 21.8. The predicted octanol–water partition coefficient (Wildman–Crippen LogP) is 7.75. The Labute approximate surface area is 593 Å². The molecule has 23 nitrogen and oxygen atoms in total. The van der Waals surface area contributed by atoms with Gasteiger partial charge in [-0.25, -0.2) is 28.1 Å². The average molecular weight is 1410 g/mol. The molecule has 11 rings (SSSR count). The van der Waals surface area contributed by atoms with E-state index in [0.717, 1.165) is 11.1 Å². The molecule has 0 saturated carbocycles. The fourth-order valence-corrected chi connectivity index (χ4v) is 12.5. The maximum atomic E-state index is 14.2. The van der Waals surface area contributed by atoms with Crippen molar-refractivity contribution in [3.05, 3.63) is 160 Å². The van der Waals surface area contributed by atoms with Gasteiger partial charge in [0, 0.05) is 87.6 Å². The highest BCUT2D eigenvalue weighted by Gasteiger charge is 2.45. The number of primary amides is 3. The van der Waals surface area contributed by atoms with E-state index in [4.69, 9.17) is 55.1 Å². The van der Waals surface area contributed by atoms with Gasteiger partial charge in [-0.2, -0.15) is 0 Å². The average Bonchev–Trinajstić information content (AvgIpc) is 1.62. The van der Waals surface area contributed by atoms with Crippen molar-refractivity contribution in [1.82, 2.24) is 25.9 Å². The van der Waals surface area contributed by atoms with Gasteiger partial charge in [-0.3, -0.25) is 28.8 Å². The van der Waals surface area contributed by atoms with Crippen molar-refractivity contribution in [2.75, 3.05) is 54.9 Å². The third-order valence-corrected chi connectivity index (χ3v) is 17.8. The topological polar surface area (TPSA) is 329 Å². The van der Waals surface area contributed by atoms with Crippen LogP contribution in [-0.2, 0) is 33.4 Å². The Kier molecular flexibility index (Phi) is 25.5. The molecule has 0 radical (unpaired) electrons. The van der Waals surface area contributed by atoms with Gasteiger partial charge in [-0.05, 0) is 93.8 Å². The summed E-state index contributed by atoms with van der Waals surface area (Å²) in [6.45, 7) is 9.52. The van der Waals surface area contributed by atoms with Crippen molar-refractivity contribution in [2.24, 2.45) is 51.8 Å².